The normalized spacial score (nSPS) is 23.6. The van der Waals surface area contributed by atoms with E-state index in [1.165, 1.54) is 10.5 Å². The van der Waals surface area contributed by atoms with Gasteiger partial charge in [-0.15, -0.1) is 12.6 Å². The average molecular weight is 154 g/mol. The molecule has 0 amide bonds. The third-order valence-electron chi connectivity index (χ3n) is 1.86. The van der Waals surface area contributed by atoms with Crippen molar-refractivity contribution >= 4 is 12.6 Å². The first-order valence-corrected chi connectivity index (χ1v) is 4.04. The van der Waals surface area contributed by atoms with Crippen molar-refractivity contribution in [2.75, 3.05) is 0 Å². The maximum atomic E-state index is 4.40. The lowest BCUT2D eigenvalue weighted by Gasteiger charge is -2.24. The maximum absolute atomic E-state index is 4.40. The van der Waals surface area contributed by atoms with Crippen molar-refractivity contribution in [3.63, 3.8) is 0 Å². The van der Waals surface area contributed by atoms with Gasteiger partial charge < -0.3 is 0 Å². The lowest BCUT2D eigenvalue weighted by molar-refractivity contribution is 0.478. The summed E-state index contributed by atoms with van der Waals surface area (Å²) in [5.74, 6) is 0. The highest BCUT2D eigenvalue weighted by Crippen LogP contribution is 2.34. The number of allylic oxidation sites excluding steroid dienone is 4. The quantitative estimate of drug-likeness (QED) is 0.509. The van der Waals surface area contributed by atoms with Gasteiger partial charge in [-0.1, -0.05) is 26.0 Å². The van der Waals surface area contributed by atoms with Gasteiger partial charge in [0.2, 0.25) is 0 Å². The van der Waals surface area contributed by atoms with Gasteiger partial charge in [-0.25, -0.2) is 0 Å². The minimum Gasteiger partial charge on any atom is -0.148 e. The van der Waals surface area contributed by atoms with Crippen LogP contribution in [0.1, 0.15) is 27.2 Å². The van der Waals surface area contributed by atoms with E-state index < -0.39 is 0 Å². The second-order valence-electron chi connectivity index (χ2n) is 3.63. The maximum Gasteiger partial charge on any atom is -0.0126 e. The summed E-state index contributed by atoms with van der Waals surface area (Å²) >= 11 is 4.40. The van der Waals surface area contributed by atoms with Crippen molar-refractivity contribution < 1.29 is 0 Å². The summed E-state index contributed by atoms with van der Waals surface area (Å²) in [7, 11) is 0. The first kappa shape index (κ1) is 7.93. The van der Waals surface area contributed by atoms with Crippen LogP contribution in [0.15, 0.2) is 22.6 Å². The Morgan fingerprint density at radius 3 is 2.50 bits per heavy atom. The summed E-state index contributed by atoms with van der Waals surface area (Å²) in [6.07, 6.45) is 5.49. The molecule has 0 fully saturated rings. The predicted molar refractivity (Wildman–Crippen MR) is 49.2 cm³/mol. The Kier molecular flexibility index (Phi) is 1.95. The van der Waals surface area contributed by atoms with Crippen molar-refractivity contribution in [1.82, 2.24) is 0 Å². The topological polar surface area (TPSA) is 0 Å². The number of hydrogen-bond donors (Lipinski definition) is 1. The van der Waals surface area contributed by atoms with Crippen molar-refractivity contribution in [3.05, 3.63) is 22.6 Å². The Hall–Kier alpha value is -0.170. The highest BCUT2D eigenvalue weighted by molar-refractivity contribution is 7.84. The molecule has 0 heterocycles. The number of hydrogen-bond acceptors (Lipinski definition) is 1. The van der Waals surface area contributed by atoms with E-state index in [9.17, 15) is 0 Å². The highest BCUT2D eigenvalue weighted by Gasteiger charge is 2.18. The van der Waals surface area contributed by atoms with Crippen molar-refractivity contribution in [2.24, 2.45) is 5.41 Å². The molecular weight excluding hydrogens is 140 g/mol. The van der Waals surface area contributed by atoms with E-state index in [4.69, 9.17) is 0 Å². The molecule has 1 rings (SSSR count). The molecule has 0 saturated heterocycles. The monoisotopic (exact) mass is 154 g/mol. The zero-order valence-corrected chi connectivity index (χ0v) is 7.70. The predicted octanol–water partition coefficient (Wildman–Crippen LogP) is 3.18. The summed E-state index contributed by atoms with van der Waals surface area (Å²) < 4.78 is 0. The third kappa shape index (κ3) is 1.66. The Labute approximate surface area is 68.4 Å². The molecule has 0 N–H and O–H groups in total. The van der Waals surface area contributed by atoms with Crippen LogP contribution in [-0.4, -0.2) is 0 Å². The summed E-state index contributed by atoms with van der Waals surface area (Å²) in [5.41, 5.74) is 1.62. The lowest BCUT2D eigenvalue weighted by Crippen LogP contribution is -2.10. The van der Waals surface area contributed by atoms with Crippen LogP contribution < -0.4 is 0 Å². The first-order chi connectivity index (χ1) is 4.51. The van der Waals surface area contributed by atoms with Crippen LogP contribution >= 0.6 is 12.6 Å². The minimum absolute atomic E-state index is 0.316. The van der Waals surface area contributed by atoms with Crippen LogP contribution in [0, 0.1) is 5.41 Å². The molecule has 0 aromatic carbocycles. The Morgan fingerprint density at radius 1 is 1.50 bits per heavy atom. The number of thiol groups is 1. The van der Waals surface area contributed by atoms with E-state index >= 15 is 0 Å². The van der Waals surface area contributed by atoms with Crippen LogP contribution in [0.3, 0.4) is 0 Å². The van der Waals surface area contributed by atoms with Gasteiger partial charge in [-0.2, -0.15) is 0 Å². The van der Waals surface area contributed by atoms with Gasteiger partial charge in [-0.3, -0.25) is 0 Å². The molecular formula is C9H14S. The standard InChI is InChI=1S/C9H14S/c1-7-4-5-9(2,3)6-8(7)10/h4-5,10H,6H2,1-3H3. The SMILES string of the molecule is CC1=C(S)CC(C)(C)C=C1. The molecule has 1 aliphatic rings. The highest BCUT2D eigenvalue weighted by atomic mass is 32.1. The van der Waals surface area contributed by atoms with E-state index in [1.54, 1.807) is 0 Å². The fourth-order valence-corrected chi connectivity index (χ4v) is 1.56. The molecule has 0 spiro atoms. The van der Waals surface area contributed by atoms with Crippen LogP contribution in [0.25, 0.3) is 0 Å². The Balaban J connectivity index is 2.85. The van der Waals surface area contributed by atoms with Crippen molar-refractivity contribution in [2.45, 2.75) is 27.2 Å². The van der Waals surface area contributed by atoms with E-state index in [2.05, 4.69) is 45.6 Å². The molecule has 1 aliphatic carbocycles. The minimum atomic E-state index is 0.316. The van der Waals surface area contributed by atoms with Gasteiger partial charge in [0.25, 0.3) is 0 Å². The van der Waals surface area contributed by atoms with Crippen molar-refractivity contribution in [3.8, 4) is 0 Å². The Morgan fingerprint density at radius 2 is 2.10 bits per heavy atom. The van der Waals surface area contributed by atoms with Gasteiger partial charge in [-0.05, 0) is 29.2 Å². The molecule has 0 radical (unpaired) electrons. The van der Waals surface area contributed by atoms with Gasteiger partial charge >= 0.3 is 0 Å². The molecule has 56 valence electrons. The smallest absolute Gasteiger partial charge is 0.0126 e. The van der Waals surface area contributed by atoms with Crippen LogP contribution in [-0.2, 0) is 0 Å². The third-order valence-corrected chi connectivity index (χ3v) is 2.37. The van der Waals surface area contributed by atoms with Gasteiger partial charge in [0.05, 0.1) is 0 Å². The molecule has 0 aliphatic heterocycles. The summed E-state index contributed by atoms with van der Waals surface area (Å²) in [5, 5.41) is 0. The average Bonchev–Trinajstić information content (AvgIpc) is 1.79. The molecule has 10 heavy (non-hydrogen) atoms. The second-order valence-corrected chi connectivity index (χ2v) is 4.17. The second kappa shape index (κ2) is 2.46. The molecule has 0 atom stereocenters. The van der Waals surface area contributed by atoms with E-state index in [0.717, 1.165) is 6.42 Å². The molecule has 1 heteroatoms. The van der Waals surface area contributed by atoms with Crippen LogP contribution in [0.4, 0.5) is 0 Å². The lowest BCUT2D eigenvalue weighted by atomic mass is 9.84. The van der Waals surface area contributed by atoms with Crippen LogP contribution in [0.5, 0.6) is 0 Å². The largest absolute Gasteiger partial charge is 0.148 e. The zero-order valence-electron chi connectivity index (χ0n) is 6.81. The summed E-state index contributed by atoms with van der Waals surface area (Å²) in [6.45, 7) is 6.56. The molecule has 0 nitrogen and oxygen atoms in total. The fraction of sp³-hybridized carbons (Fsp3) is 0.556. The molecule has 0 saturated carbocycles. The first-order valence-electron chi connectivity index (χ1n) is 3.59. The molecule has 0 aromatic heterocycles. The molecule has 0 aromatic rings. The van der Waals surface area contributed by atoms with Gasteiger partial charge in [0.1, 0.15) is 0 Å². The zero-order chi connectivity index (χ0) is 7.78. The summed E-state index contributed by atoms with van der Waals surface area (Å²) in [6, 6.07) is 0. The van der Waals surface area contributed by atoms with E-state index in [1.807, 2.05) is 0 Å². The fourth-order valence-electron chi connectivity index (χ4n) is 1.08. The van der Waals surface area contributed by atoms with Gasteiger partial charge in [0, 0.05) is 0 Å². The van der Waals surface area contributed by atoms with E-state index in [0.29, 0.717) is 5.41 Å². The van der Waals surface area contributed by atoms with Crippen molar-refractivity contribution in [1.29, 1.82) is 0 Å². The van der Waals surface area contributed by atoms with Crippen LogP contribution in [0.2, 0.25) is 0 Å². The Bertz CT molecular complexity index is 197. The van der Waals surface area contributed by atoms with E-state index in [-0.39, 0.29) is 0 Å². The van der Waals surface area contributed by atoms with Gasteiger partial charge in [0.15, 0.2) is 0 Å². The number of rotatable bonds is 0. The summed E-state index contributed by atoms with van der Waals surface area (Å²) in [4.78, 5) is 1.23. The molecule has 0 unspecified atom stereocenters. The molecule has 0 bridgehead atoms.